The Morgan fingerprint density at radius 3 is 2.58 bits per heavy atom. The highest BCUT2D eigenvalue weighted by molar-refractivity contribution is 7.13. The zero-order valence-electron chi connectivity index (χ0n) is 19.7. The molecule has 0 unspecified atom stereocenters. The summed E-state index contributed by atoms with van der Waals surface area (Å²) >= 11 is 1.60. The van der Waals surface area contributed by atoms with E-state index in [0.29, 0.717) is 50.4 Å². The molecule has 0 spiro atoms. The maximum Gasteiger partial charge on any atom is 0.409 e. The van der Waals surface area contributed by atoms with Crippen molar-refractivity contribution in [3.8, 4) is 10.6 Å². The topological polar surface area (TPSA) is 80.6 Å². The molecule has 3 aromatic heterocycles. The highest BCUT2D eigenvalue weighted by Crippen LogP contribution is 2.29. The summed E-state index contributed by atoms with van der Waals surface area (Å²) in [5, 5.41) is 7.27. The smallest absolute Gasteiger partial charge is 0.409 e. The Balaban J connectivity index is 1.60. The van der Waals surface area contributed by atoms with E-state index in [4.69, 9.17) is 9.72 Å². The van der Waals surface area contributed by atoms with Crippen LogP contribution in [0.1, 0.15) is 50.5 Å². The third-order valence-electron chi connectivity index (χ3n) is 5.64. The van der Waals surface area contributed by atoms with E-state index in [9.17, 15) is 9.59 Å². The number of ether oxygens (including phenoxy) is 1. The second-order valence-electron chi connectivity index (χ2n) is 9.06. The van der Waals surface area contributed by atoms with Crippen molar-refractivity contribution in [1.29, 1.82) is 0 Å². The van der Waals surface area contributed by atoms with Crippen molar-refractivity contribution in [2.45, 2.75) is 40.2 Å². The number of rotatable bonds is 5. The predicted octanol–water partition coefficient (Wildman–Crippen LogP) is 4.68. The van der Waals surface area contributed by atoms with Crippen LogP contribution in [0.4, 0.5) is 4.79 Å². The van der Waals surface area contributed by atoms with Gasteiger partial charge in [0.1, 0.15) is 0 Å². The minimum absolute atomic E-state index is 0.0547. The monoisotopic (exact) mass is 469 g/mol. The van der Waals surface area contributed by atoms with Gasteiger partial charge in [0.2, 0.25) is 0 Å². The Labute approximate surface area is 198 Å². The lowest BCUT2D eigenvalue weighted by molar-refractivity contribution is 0.0748. The van der Waals surface area contributed by atoms with E-state index < -0.39 is 0 Å². The molecular weight excluding hydrogens is 438 g/mol. The molecule has 0 radical (unpaired) electrons. The number of hydrogen-bond donors (Lipinski definition) is 0. The van der Waals surface area contributed by atoms with E-state index in [0.717, 1.165) is 16.0 Å². The third kappa shape index (κ3) is 5.03. The molecule has 176 valence electrons. The van der Waals surface area contributed by atoms with Crippen LogP contribution in [0.5, 0.6) is 0 Å². The van der Waals surface area contributed by atoms with Crippen LogP contribution < -0.4 is 0 Å². The van der Waals surface area contributed by atoms with Gasteiger partial charge in [-0.15, -0.1) is 11.3 Å². The quantitative estimate of drug-likeness (QED) is 0.542. The fourth-order valence-corrected chi connectivity index (χ4v) is 4.61. The zero-order valence-corrected chi connectivity index (χ0v) is 20.5. The average molecular weight is 470 g/mol. The van der Waals surface area contributed by atoms with Gasteiger partial charge in [0.15, 0.2) is 5.65 Å². The molecule has 0 aromatic carbocycles. The average Bonchev–Trinajstić information content (AvgIpc) is 3.41. The molecule has 9 heteroatoms. The molecule has 0 atom stereocenters. The maximum absolute atomic E-state index is 13.7. The normalized spacial score (nSPS) is 14.8. The van der Waals surface area contributed by atoms with E-state index in [2.05, 4.69) is 18.9 Å². The van der Waals surface area contributed by atoms with E-state index in [1.165, 1.54) is 0 Å². The van der Waals surface area contributed by atoms with Crippen LogP contribution in [0.2, 0.25) is 0 Å². The fourth-order valence-electron chi connectivity index (χ4n) is 3.93. The van der Waals surface area contributed by atoms with Crippen LogP contribution in [0.15, 0.2) is 29.8 Å². The van der Waals surface area contributed by atoms with Gasteiger partial charge >= 0.3 is 6.09 Å². The molecular formula is C24H31N5O3S. The molecule has 0 N–H and O–H groups in total. The largest absolute Gasteiger partial charge is 0.449 e. The summed E-state index contributed by atoms with van der Waals surface area (Å²) in [6, 6.07) is 5.99. The number of carbonyl (C=O) groups is 2. The molecule has 4 rings (SSSR count). The Bertz CT molecular complexity index is 1120. The van der Waals surface area contributed by atoms with Crippen LogP contribution in [-0.4, -0.2) is 69.4 Å². The lowest BCUT2D eigenvalue weighted by Crippen LogP contribution is -2.38. The van der Waals surface area contributed by atoms with Gasteiger partial charge in [-0.3, -0.25) is 4.79 Å². The number of thiophene rings is 1. The van der Waals surface area contributed by atoms with Crippen LogP contribution in [0.3, 0.4) is 0 Å². The summed E-state index contributed by atoms with van der Waals surface area (Å²) in [5.74, 6) is 0.235. The second-order valence-corrected chi connectivity index (χ2v) is 10.0. The fraction of sp³-hybridized carbons (Fsp3) is 0.500. The van der Waals surface area contributed by atoms with E-state index in [1.54, 1.807) is 22.4 Å². The number of amides is 2. The minimum Gasteiger partial charge on any atom is -0.449 e. The molecule has 3 aromatic rings. The van der Waals surface area contributed by atoms with Gasteiger partial charge in [-0.05, 0) is 43.7 Å². The lowest BCUT2D eigenvalue weighted by Gasteiger charge is -2.22. The number of aromatic nitrogens is 3. The maximum atomic E-state index is 13.7. The first kappa shape index (κ1) is 23.2. The Kier molecular flexibility index (Phi) is 6.97. The molecule has 0 bridgehead atoms. The molecule has 4 heterocycles. The van der Waals surface area contributed by atoms with Gasteiger partial charge in [-0.25, -0.2) is 14.5 Å². The summed E-state index contributed by atoms with van der Waals surface area (Å²) in [7, 11) is 0. The van der Waals surface area contributed by atoms with E-state index >= 15 is 0 Å². The Morgan fingerprint density at radius 1 is 1.12 bits per heavy atom. The van der Waals surface area contributed by atoms with Gasteiger partial charge in [0, 0.05) is 32.2 Å². The number of carbonyl (C=O) groups excluding carboxylic acids is 2. The van der Waals surface area contributed by atoms with Crippen molar-refractivity contribution in [1.82, 2.24) is 24.6 Å². The second kappa shape index (κ2) is 9.91. The van der Waals surface area contributed by atoms with Gasteiger partial charge < -0.3 is 14.5 Å². The predicted molar refractivity (Wildman–Crippen MR) is 130 cm³/mol. The van der Waals surface area contributed by atoms with Gasteiger partial charge in [0.25, 0.3) is 5.91 Å². The molecule has 8 nitrogen and oxygen atoms in total. The molecule has 0 aliphatic carbocycles. The van der Waals surface area contributed by atoms with Crippen molar-refractivity contribution in [3.05, 3.63) is 35.3 Å². The highest BCUT2D eigenvalue weighted by atomic mass is 32.1. The van der Waals surface area contributed by atoms with Gasteiger partial charge in [0.05, 0.1) is 34.3 Å². The van der Waals surface area contributed by atoms with Crippen LogP contribution in [0.25, 0.3) is 21.6 Å². The van der Waals surface area contributed by atoms with Gasteiger partial charge in [-0.1, -0.05) is 19.9 Å². The van der Waals surface area contributed by atoms with Crippen molar-refractivity contribution >= 4 is 34.4 Å². The van der Waals surface area contributed by atoms with Crippen molar-refractivity contribution in [2.75, 3.05) is 32.8 Å². The first-order chi connectivity index (χ1) is 15.8. The number of pyridine rings is 1. The van der Waals surface area contributed by atoms with Crippen molar-refractivity contribution < 1.29 is 14.3 Å². The minimum atomic E-state index is -0.303. The first-order valence-electron chi connectivity index (χ1n) is 11.5. The first-order valence-corrected chi connectivity index (χ1v) is 12.4. The van der Waals surface area contributed by atoms with E-state index in [1.807, 2.05) is 47.0 Å². The molecule has 1 aliphatic rings. The zero-order chi connectivity index (χ0) is 23.5. The molecule has 1 fully saturated rings. The summed E-state index contributed by atoms with van der Waals surface area (Å²) < 4.78 is 7.24. The third-order valence-corrected chi connectivity index (χ3v) is 6.53. The SMILES string of the molecule is CC(C)COC(=O)N1CCCN(C(=O)c2cc(-c3cccs3)nc3c2cnn3C(C)C)CC1. The van der Waals surface area contributed by atoms with Gasteiger partial charge in [-0.2, -0.15) is 5.10 Å². The van der Waals surface area contributed by atoms with Crippen LogP contribution in [0, 0.1) is 5.92 Å². The van der Waals surface area contributed by atoms with Crippen molar-refractivity contribution in [3.63, 3.8) is 0 Å². The summed E-state index contributed by atoms with van der Waals surface area (Å²) in [6.07, 6.45) is 2.14. The number of fused-ring (bicyclic) bond motifs is 1. The Hall–Kier alpha value is -2.94. The summed E-state index contributed by atoms with van der Waals surface area (Å²) in [4.78, 5) is 35.5. The molecule has 1 saturated heterocycles. The molecule has 2 amide bonds. The van der Waals surface area contributed by atoms with Crippen molar-refractivity contribution in [2.24, 2.45) is 5.92 Å². The van der Waals surface area contributed by atoms with E-state index in [-0.39, 0.29) is 24.0 Å². The summed E-state index contributed by atoms with van der Waals surface area (Å²) in [5.41, 5.74) is 2.09. The molecule has 0 saturated carbocycles. The number of nitrogens with zero attached hydrogens (tertiary/aromatic N) is 5. The lowest BCUT2D eigenvalue weighted by atomic mass is 10.1. The highest BCUT2D eigenvalue weighted by Gasteiger charge is 2.26. The number of hydrogen-bond acceptors (Lipinski definition) is 6. The molecule has 1 aliphatic heterocycles. The molecule has 33 heavy (non-hydrogen) atoms. The summed E-state index contributed by atoms with van der Waals surface area (Å²) in [6.45, 7) is 10.6. The Morgan fingerprint density at radius 2 is 1.88 bits per heavy atom. The standard InChI is InChI=1S/C24H31N5O3S/c1-16(2)15-32-24(31)28-9-6-8-27(10-11-28)23(30)18-13-20(21-7-5-12-33-21)26-22-19(18)14-25-29(22)17(3)4/h5,7,12-14,16-17H,6,8-11,15H2,1-4H3. The van der Waals surface area contributed by atoms with Crippen LogP contribution in [-0.2, 0) is 4.74 Å². The van der Waals surface area contributed by atoms with Crippen LogP contribution >= 0.6 is 11.3 Å².